The van der Waals surface area contributed by atoms with E-state index in [4.69, 9.17) is 0 Å². The highest BCUT2D eigenvalue weighted by Gasteiger charge is 2.20. The molecule has 6 nitrogen and oxygen atoms in total. The van der Waals surface area contributed by atoms with E-state index in [2.05, 4.69) is 16.4 Å². The van der Waals surface area contributed by atoms with Gasteiger partial charge in [-0.2, -0.15) is 9.94 Å². The van der Waals surface area contributed by atoms with Crippen LogP contribution in [0, 0.1) is 18.3 Å². The van der Waals surface area contributed by atoms with E-state index in [9.17, 15) is 10.1 Å². The molecule has 0 fully saturated rings. The molecule has 0 aliphatic rings. The molecule has 0 spiro atoms. The van der Waals surface area contributed by atoms with Gasteiger partial charge in [0.1, 0.15) is 11.6 Å². The topological polar surface area (TPSA) is 76.0 Å². The van der Waals surface area contributed by atoms with Gasteiger partial charge in [0.2, 0.25) is 0 Å². The van der Waals surface area contributed by atoms with E-state index in [1.165, 1.54) is 11.4 Å². The average Bonchev–Trinajstić information content (AvgIpc) is 2.76. The number of nitriles is 1. The summed E-state index contributed by atoms with van der Waals surface area (Å²) in [4.78, 5) is 12.2. The fourth-order valence-corrected chi connectivity index (χ4v) is 2.36. The molecule has 98 valence electrons. The second-order valence-electron chi connectivity index (χ2n) is 4.47. The highest BCUT2D eigenvalue weighted by atomic mass is 16.2. The summed E-state index contributed by atoms with van der Waals surface area (Å²) in [5.41, 5.74) is 2.66. The maximum absolute atomic E-state index is 12.2. The Morgan fingerprint density at radius 1 is 1.25 bits per heavy atom. The Kier molecular flexibility index (Phi) is 2.61. The van der Waals surface area contributed by atoms with Crippen molar-refractivity contribution in [3.63, 3.8) is 0 Å². The van der Waals surface area contributed by atoms with Gasteiger partial charge in [-0.3, -0.25) is 0 Å². The maximum Gasteiger partial charge on any atom is 0.351 e. The second-order valence-corrected chi connectivity index (χ2v) is 4.47. The smallest absolute Gasteiger partial charge is 0.246 e. The van der Waals surface area contributed by atoms with E-state index in [0.717, 1.165) is 15.8 Å². The Labute approximate surface area is 114 Å². The zero-order chi connectivity index (χ0) is 14.3. The van der Waals surface area contributed by atoms with Crippen LogP contribution in [0.15, 0.2) is 35.1 Å². The molecule has 0 unspecified atom stereocenters. The molecule has 0 saturated heterocycles. The Bertz CT molecular complexity index is 899. The molecule has 6 heteroatoms. The van der Waals surface area contributed by atoms with E-state index >= 15 is 0 Å². The lowest BCUT2D eigenvalue weighted by molar-refractivity contribution is 0.604. The third kappa shape index (κ3) is 1.53. The molecule has 0 saturated carbocycles. The van der Waals surface area contributed by atoms with Crippen molar-refractivity contribution in [2.45, 2.75) is 6.92 Å². The predicted octanol–water partition coefficient (Wildman–Crippen LogP) is 1.28. The van der Waals surface area contributed by atoms with Crippen LogP contribution >= 0.6 is 0 Å². The molecule has 20 heavy (non-hydrogen) atoms. The standard InChI is InChI=1S/C14H11N5O/c1-9-12(10-6-4-3-5-7-10)11(8-15)13-16-17-18(2)14(20)19(9)13/h3-7H,1-2H3. The van der Waals surface area contributed by atoms with Gasteiger partial charge < -0.3 is 0 Å². The number of hydrogen-bond donors (Lipinski definition) is 0. The molecule has 0 bridgehead atoms. The van der Waals surface area contributed by atoms with E-state index in [1.807, 2.05) is 30.3 Å². The Morgan fingerprint density at radius 2 is 1.95 bits per heavy atom. The van der Waals surface area contributed by atoms with Crippen LogP contribution in [0.3, 0.4) is 0 Å². The molecule has 0 N–H and O–H groups in total. The number of fused-ring (bicyclic) bond motifs is 1. The van der Waals surface area contributed by atoms with E-state index in [0.29, 0.717) is 16.9 Å². The van der Waals surface area contributed by atoms with Crippen molar-refractivity contribution in [3.05, 3.63) is 52.1 Å². The van der Waals surface area contributed by atoms with Crippen molar-refractivity contribution in [3.8, 4) is 17.2 Å². The number of hydrogen-bond acceptors (Lipinski definition) is 4. The molecule has 2 aromatic heterocycles. The highest BCUT2D eigenvalue weighted by molar-refractivity contribution is 5.81. The highest BCUT2D eigenvalue weighted by Crippen LogP contribution is 2.30. The van der Waals surface area contributed by atoms with Crippen molar-refractivity contribution >= 4 is 5.65 Å². The van der Waals surface area contributed by atoms with Crippen LogP contribution in [0.25, 0.3) is 16.8 Å². The summed E-state index contributed by atoms with van der Waals surface area (Å²) >= 11 is 0. The van der Waals surface area contributed by atoms with Gasteiger partial charge in [-0.15, -0.1) is 5.10 Å². The van der Waals surface area contributed by atoms with Crippen molar-refractivity contribution in [1.29, 1.82) is 5.26 Å². The minimum atomic E-state index is -0.314. The van der Waals surface area contributed by atoms with Gasteiger partial charge in [-0.05, 0) is 12.5 Å². The zero-order valence-corrected chi connectivity index (χ0v) is 11.0. The molecule has 0 aliphatic heterocycles. The summed E-state index contributed by atoms with van der Waals surface area (Å²) in [5.74, 6) is 0. The number of nitrogens with zero attached hydrogens (tertiary/aromatic N) is 5. The fraction of sp³-hybridized carbons (Fsp3) is 0.143. The van der Waals surface area contributed by atoms with E-state index in [-0.39, 0.29) is 5.69 Å². The summed E-state index contributed by atoms with van der Waals surface area (Å²) in [7, 11) is 1.53. The number of aromatic nitrogens is 4. The van der Waals surface area contributed by atoms with Gasteiger partial charge in [-0.25, -0.2) is 9.20 Å². The van der Waals surface area contributed by atoms with Crippen molar-refractivity contribution in [2.75, 3.05) is 0 Å². The van der Waals surface area contributed by atoms with Gasteiger partial charge in [-0.1, -0.05) is 35.5 Å². The van der Waals surface area contributed by atoms with Crippen molar-refractivity contribution in [2.24, 2.45) is 7.05 Å². The third-order valence-corrected chi connectivity index (χ3v) is 3.30. The van der Waals surface area contributed by atoms with Crippen molar-refractivity contribution < 1.29 is 0 Å². The first kappa shape index (κ1) is 12.1. The van der Waals surface area contributed by atoms with Crippen LogP contribution in [0.2, 0.25) is 0 Å². The van der Waals surface area contributed by atoms with Crippen LogP contribution in [0.5, 0.6) is 0 Å². The van der Waals surface area contributed by atoms with Crippen LogP contribution in [-0.4, -0.2) is 19.4 Å². The van der Waals surface area contributed by atoms with Gasteiger partial charge in [0.25, 0.3) is 0 Å². The Morgan fingerprint density at radius 3 is 2.60 bits per heavy atom. The lowest BCUT2D eigenvalue weighted by Crippen LogP contribution is -2.28. The van der Waals surface area contributed by atoms with Crippen molar-refractivity contribution in [1.82, 2.24) is 19.4 Å². The molecule has 0 radical (unpaired) electrons. The molecule has 0 aliphatic carbocycles. The summed E-state index contributed by atoms with van der Waals surface area (Å²) in [6, 6.07) is 11.6. The molecule has 0 atom stereocenters. The summed E-state index contributed by atoms with van der Waals surface area (Å²) < 4.78 is 2.57. The lowest BCUT2D eigenvalue weighted by atomic mass is 10.0. The van der Waals surface area contributed by atoms with Gasteiger partial charge >= 0.3 is 5.69 Å². The monoisotopic (exact) mass is 265 g/mol. The van der Waals surface area contributed by atoms with Crippen LogP contribution < -0.4 is 5.69 Å². The average molecular weight is 265 g/mol. The van der Waals surface area contributed by atoms with Gasteiger partial charge in [0, 0.05) is 18.3 Å². The largest absolute Gasteiger partial charge is 0.351 e. The van der Waals surface area contributed by atoms with Gasteiger partial charge in [0.05, 0.1) is 0 Å². The molecular weight excluding hydrogens is 254 g/mol. The molecule has 2 heterocycles. The first-order valence-electron chi connectivity index (χ1n) is 6.05. The molecule has 3 aromatic rings. The first-order valence-corrected chi connectivity index (χ1v) is 6.05. The third-order valence-electron chi connectivity index (χ3n) is 3.30. The van der Waals surface area contributed by atoms with Crippen LogP contribution in [0.4, 0.5) is 0 Å². The number of benzene rings is 1. The second kappa shape index (κ2) is 4.31. The summed E-state index contributed by atoms with van der Waals surface area (Å²) in [6.07, 6.45) is 0. The normalized spacial score (nSPS) is 10.7. The molecule has 0 amide bonds. The van der Waals surface area contributed by atoms with E-state index in [1.54, 1.807) is 6.92 Å². The van der Waals surface area contributed by atoms with Crippen LogP contribution in [-0.2, 0) is 7.05 Å². The molecular formula is C14H11N5O. The number of rotatable bonds is 1. The minimum absolute atomic E-state index is 0.298. The Hall–Kier alpha value is -2.94. The zero-order valence-electron chi connectivity index (χ0n) is 11.0. The predicted molar refractivity (Wildman–Crippen MR) is 73.1 cm³/mol. The first-order chi connectivity index (χ1) is 9.65. The summed E-state index contributed by atoms with van der Waals surface area (Å²) in [5, 5.41) is 17.1. The molecule has 1 aromatic carbocycles. The maximum atomic E-state index is 12.2. The molecule has 3 rings (SSSR count). The fourth-order valence-electron chi connectivity index (χ4n) is 2.36. The van der Waals surface area contributed by atoms with E-state index < -0.39 is 0 Å². The number of aryl methyl sites for hydroxylation is 2. The minimum Gasteiger partial charge on any atom is -0.246 e. The quantitative estimate of drug-likeness (QED) is 0.664. The summed E-state index contributed by atoms with van der Waals surface area (Å²) in [6.45, 7) is 1.80. The SMILES string of the molecule is Cc1c(-c2ccccc2)c(C#N)c2nnn(C)c(=O)n12. The van der Waals surface area contributed by atoms with Crippen LogP contribution in [0.1, 0.15) is 11.3 Å². The lowest BCUT2D eigenvalue weighted by Gasteiger charge is -2.01. The van der Waals surface area contributed by atoms with Gasteiger partial charge in [0.15, 0.2) is 5.65 Å². The Balaban J connectivity index is 2.52.